The fraction of sp³-hybridized carbons (Fsp3) is 0.400. The average molecular weight is 379 g/mol. The molecule has 0 spiro atoms. The fourth-order valence-electron chi connectivity index (χ4n) is 3.71. The van der Waals surface area contributed by atoms with Crippen molar-refractivity contribution in [3.63, 3.8) is 0 Å². The van der Waals surface area contributed by atoms with E-state index in [0.717, 1.165) is 12.8 Å². The molecule has 0 saturated carbocycles. The molecule has 0 aliphatic carbocycles. The molecule has 1 fully saturated rings. The van der Waals surface area contributed by atoms with Gasteiger partial charge < -0.3 is 19.9 Å². The number of carbonyl (C=O) groups is 2. The van der Waals surface area contributed by atoms with Gasteiger partial charge in [-0.1, -0.05) is 42.5 Å². The maximum atomic E-state index is 12.4. The quantitative estimate of drug-likeness (QED) is 0.628. The number of aliphatic hydroxyl groups is 1. The normalized spacial score (nSPS) is 16.1. The summed E-state index contributed by atoms with van der Waals surface area (Å²) in [5.41, 5.74) is 1.30. The molecule has 1 heterocycles. The Hall–Kier alpha value is -0.764. The van der Waals surface area contributed by atoms with Crippen LogP contribution in [-0.2, 0) is 9.59 Å². The molecule has 1 saturated heterocycles. The molecule has 132 valence electrons. The standard InChI is InChI=1S/C20H23NO4.K/c22-13-16(12-19(23)24)20(25)21-10-8-15(9-11-21)18-7-3-5-14-4-1-2-6-17(14)18;/h1-7,15-16,22H,8-13H2,(H,23,24);/q;+1/p-1. The molecule has 3 rings (SSSR count). The van der Waals surface area contributed by atoms with E-state index in [1.807, 2.05) is 12.1 Å². The molecule has 1 amide bonds. The summed E-state index contributed by atoms with van der Waals surface area (Å²) in [6.45, 7) is 0.697. The van der Waals surface area contributed by atoms with E-state index in [0.29, 0.717) is 19.0 Å². The smallest absolute Gasteiger partial charge is 0.550 e. The maximum absolute atomic E-state index is 12.4. The zero-order valence-electron chi connectivity index (χ0n) is 15.1. The first-order valence-corrected chi connectivity index (χ1v) is 8.67. The fourth-order valence-corrected chi connectivity index (χ4v) is 3.71. The monoisotopic (exact) mass is 379 g/mol. The van der Waals surface area contributed by atoms with Gasteiger partial charge in [0.05, 0.1) is 12.5 Å². The van der Waals surface area contributed by atoms with Crippen molar-refractivity contribution in [1.82, 2.24) is 4.90 Å². The molecule has 1 atom stereocenters. The first-order valence-electron chi connectivity index (χ1n) is 8.67. The van der Waals surface area contributed by atoms with Crippen LogP contribution < -0.4 is 56.5 Å². The number of carbonyl (C=O) groups excluding carboxylic acids is 2. The van der Waals surface area contributed by atoms with Crippen LogP contribution in [-0.4, -0.2) is 41.6 Å². The van der Waals surface area contributed by atoms with E-state index in [4.69, 9.17) is 0 Å². The zero-order chi connectivity index (χ0) is 17.8. The van der Waals surface area contributed by atoms with E-state index >= 15 is 0 Å². The van der Waals surface area contributed by atoms with E-state index in [1.54, 1.807) is 4.90 Å². The van der Waals surface area contributed by atoms with Gasteiger partial charge in [-0.3, -0.25) is 4.79 Å². The molecule has 0 bridgehead atoms. The summed E-state index contributed by atoms with van der Waals surface area (Å²) in [4.78, 5) is 24.8. The van der Waals surface area contributed by atoms with Gasteiger partial charge in [0.2, 0.25) is 5.91 Å². The van der Waals surface area contributed by atoms with Crippen molar-refractivity contribution in [2.75, 3.05) is 19.7 Å². The summed E-state index contributed by atoms with van der Waals surface area (Å²) in [5, 5.41) is 22.5. The Balaban J connectivity index is 0.00000243. The Bertz CT molecular complexity index is 766. The van der Waals surface area contributed by atoms with Crippen molar-refractivity contribution in [2.45, 2.75) is 25.2 Å². The number of aliphatic carboxylic acids is 1. The van der Waals surface area contributed by atoms with Gasteiger partial charge in [0, 0.05) is 25.5 Å². The van der Waals surface area contributed by atoms with Crippen molar-refractivity contribution in [3.05, 3.63) is 48.0 Å². The molecule has 0 aromatic heterocycles. The Labute approximate surface area is 195 Å². The van der Waals surface area contributed by atoms with Gasteiger partial charge in [-0.05, 0) is 35.1 Å². The van der Waals surface area contributed by atoms with E-state index < -0.39 is 24.9 Å². The Kier molecular flexibility index (Phi) is 8.25. The van der Waals surface area contributed by atoms with Crippen LogP contribution in [0.2, 0.25) is 0 Å². The number of piperidine rings is 1. The summed E-state index contributed by atoms with van der Waals surface area (Å²) < 4.78 is 0. The first kappa shape index (κ1) is 21.5. The third-order valence-electron chi connectivity index (χ3n) is 5.05. The maximum Gasteiger partial charge on any atom is 1.00 e. The number of hydrogen-bond acceptors (Lipinski definition) is 4. The minimum absolute atomic E-state index is 0. The van der Waals surface area contributed by atoms with Gasteiger partial charge in [0.15, 0.2) is 0 Å². The number of rotatable bonds is 5. The van der Waals surface area contributed by atoms with Crippen LogP contribution >= 0.6 is 0 Å². The van der Waals surface area contributed by atoms with Gasteiger partial charge in [0.25, 0.3) is 0 Å². The second-order valence-corrected chi connectivity index (χ2v) is 6.62. The van der Waals surface area contributed by atoms with Crippen molar-refractivity contribution in [1.29, 1.82) is 0 Å². The largest absolute Gasteiger partial charge is 1.00 e. The summed E-state index contributed by atoms with van der Waals surface area (Å²) in [7, 11) is 0. The minimum Gasteiger partial charge on any atom is -0.550 e. The van der Waals surface area contributed by atoms with E-state index in [9.17, 15) is 19.8 Å². The third-order valence-corrected chi connectivity index (χ3v) is 5.05. The number of hydrogen-bond donors (Lipinski definition) is 1. The molecule has 0 radical (unpaired) electrons. The van der Waals surface area contributed by atoms with Gasteiger partial charge in [-0.15, -0.1) is 0 Å². The van der Waals surface area contributed by atoms with Gasteiger partial charge in [0.1, 0.15) is 0 Å². The van der Waals surface area contributed by atoms with Crippen LogP contribution in [0, 0.1) is 5.92 Å². The molecular weight excluding hydrogens is 357 g/mol. The van der Waals surface area contributed by atoms with Crippen LogP contribution in [0.3, 0.4) is 0 Å². The van der Waals surface area contributed by atoms with Crippen LogP contribution in [0.5, 0.6) is 0 Å². The summed E-state index contributed by atoms with van der Waals surface area (Å²) >= 11 is 0. The Morgan fingerprint density at radius 1 is 1.12 bits per heavy atom. The van der Waals surface area contributed by atoms with Crippen LogP contribution in [0.15, 0.2) is 42.5 Å². The molecule has 1 N–H and O–H groups in total. The Morgan fingerprint density at radius 3 is 2.42 bits per heavy atom. The van der Waals surface area contributed by atoms with Gasteiger partial charge in [-0.2, -0.15) is 0 Å². The molecule has 6 heteroatoms. The second-order valence-electron chi connectivity index (χ2n) is 6.62. The van der Waals surface area contributed by atoms with Crippen LogP contribution in [0.4, 0.5) is 0 Å². The molecule has 1 aliphatic rings. The van der Waals surface area contributed by atoms with E-state index in [-0.39, 0.29) is 57.3 Å². The predicted molar refractivity (Wildman–Crippen MR) is 92.7 cm³/mol. The van der Waals surface area contributed by atoms with Crippen molar-refractivity contribution < 1.29 is 71.2 Å². The van der Waals surface area contributed by atoms with E-state index in [1.165, 1.54) is 16.3 Å². The Morgan fingerprint density at radius 2 is 1.77 bits per heavy atom. The number of carboxylic acid groups (broad SMARTS) is 1. The van der Waals surface area contributed by atoms with Crippen LogP contribution in [0.25, 0.3) is 10.8 Å². The molecule has 5 nitrogen and oxygen atoms in total. The zero-order valence-corrected chi connectivity index (χ0v) is 18.2. The molecular formula is C20H22KNO4. The molecule has 1 unspecified atom stereocenters. The van der Waals surface area contributed by atoms with Crippen molar-refractivity contribution in [3.8, 4) is 0 Å². The van der Waals surface area contributed by atoms with Crippen LogP contribution in [0.1, 0.15) is 30.7 Å². The SMILES string of the molecule is O=C([O-])CC(CO)C(=O)N1CCC(c2cccc3ccccc23)CC1.[K+]. The molecule has 2 aromatic rings. The van der Waals surface area contributed by atoms with Crippen molar-refractivity contribution >= 4 is 22.6 Å². The number of amides is 1. The number of likely N-dealkylation sites (tertiary alicyclic amines) is 1. The third kappa shape index (κ3) is 4.94. The van der Waals surface area contributed by atoms with Gasteiger partial charge in [-0.25, -0.2) is 0 Å². The number of fused-ring (bicyclic) bond motifs is 1. The number of benzene rings is 2. The first-order chi connectivity index (χ1) is 12.1. The van der Waals surface area contributed by atoms with Gasteiger partial charge >= 0.3 is 51.4 Å². The molecule has 26 heavy (non-hydrogen) atoms. The number of carboxylic acids is 1. The minimum atomic E-state index is -1.31. The van der Waals surface area contributed by atoms with E-state index in [2.05, 4.69) is 30.3 Å². The topological polar surface area (TPSA) is 80.7 Å². The second kappa shape index (κ2) is 9.97. The number of aliphatic hydroxyl groups excluding tert-OH is 1. The molecule has 2 aromatic carbocycles. The average Bonchev–Trinajstić information content (AvgIpc) is 2.65. The van der Waals surface area contributed by atoms with Crippen molar-refractivity contribution in [2.24, 2.45) is 5.92 Å². The summed E-state index contributed by atoms with van der Waals surface area (Å²) in [5.74, 6) is -2.12. The summed E-state index contributed by atoms with van der Waals surface area (Å²) in [6, 6.07) is 14.6. The predicted octanol–water partition coefficient (Wildman–Crippen LogP) is -1.70. The summed E-state index contributed by atoms with van der Waals surface area (Å²) in [6.07, 6.45) is 1.24. The number of nitrogens with zero attached hydrogens (tertiary/aromatic N) is 1. The molecule has 1 aliphatic heterocycles.